The van der Waals surface area contributed by atoms with Crippen molar-refractivity contribution < 1.29 is 14.6 Å². The zero-order valence-corrected chi connectivity index (χ0v) is 16.5. The Morgan fingerprint density at radius 2 is 1.70 bits per heavy atom. The highest BCUT2D eigenvalue weighted by Gasteiger charge is 2.21. The summed E-state index contributed by atoms with van der Waals surface area (Å²) in [6.45, 7) is 6.74. The third-order valence-corrected chi connectivity index (χ3v) is 4.76. The topological polar surface area (TPSA) is 58.6 Å². The highest BCUT2D eigenvalue weighted by atomic mass is 16.5. The number of rotatable bonds is 10. The molecule has 2 N–H and O–H groups in total. The van der Waals surface area contributed by atoms with E-state index in [9.17, 15) is 9.90 Å². The second-order valence-electron chi connectivity index (χ2n) is 7.15. The smallest absolute Gasteiger partial charge is 0.230 e. The van der Waals surface area contributed by atoms with Crippen molar-refractivity contribution in [2.75, 3.05) is 13.2 Å². The van der Waals surface area contributed by atoms with Crippen LogP contribution < -0.4 is 10.1 Å². The molecule has 146 valence electrons. The monoisotopic (exact) mass is 369 g/mol. The van der Waals surface area contributed by atoms with E-state index in [-0.39, 0.29) is 18.6 Å². The lowest BCUT2D eigenvalue weighted by Gasteiger charge is -2.20. The van der Waals surface area contributed by atoms with Crippen molar-refractivity contribution in [3.63, 3.8) is 0 Å². The summed E-state index contributed by atoms with van der Waals surface area (Å²) in [6, 6.07) is 17.1. The van der Waals surface area contributed by atoms with Crippen LogP contribution in [0.2, 0.25) is 0 Å². The number of nitrogens with one attached hydrogen (secondary N) is 1. The molecule has 0 saturated heterocycles. The molecule has 3 unspecified atom stereocenters. The Kier molecular flexibility index (Phi) is 8.34. The van der Waals surface area contributed by atoms with Crippen LogP contribution in [0.4, 0.5) is 0 Å². The lowest BCUT2D eigenvalue weighted by Crippen LogP contribution is -2.33. The van der Waals surface area contributed by atoms with E-state index in [0.717, 1.165) is 29.7 Å². The molecule has 0 saturated carbocycles. The van der Waals surface area contributed by atoms with Crippen LogP contribution >= 0.6 is 0 Å². The van der Waals surface area contributed by atoms with Gasteiger partial charge in [-0.05, 0) is 42.5 Å². The van der Waals surface area contributed by atoms with Crippen molar-refractivity contribution in [1.29, 1.82) is 0 Å². The van der Waals surface area contributed by atoms with Crippen molar-refractivity contribution in [1.82, 2.24) is 5.32 Å². The number of benzene rings is 2. The zero-order valence-electron chi connectivity index (χ0n) is 16.5. The molecule has 4 heteroatoms. The zero-order chi connectivity index (χ0) is 19.6. The molecule has 2 rings (SSSR count). The summed E-state index contributed by atoms with van der Waals surface area (Å²) in [5.41, 5.74) is 1.82. The van der Waals surface area contributed by atoms with Gasteiger partial charge in [0.1, 0.15) is 5.75 Å². The minimum Gasteiger partial charge on any atom is -0.493 e. The summed E-state index contributed by atoms with van der Waals surface area (Å²) in [5, 5.41) is 12.7. The first-order valence-corrected chi connectivity index (χ1v) is 9.74. The molecule has 0 aliphatic heterocycles. The van der Waals surface area contributed by atoms with Gasteiger partial charge in [-0.15, -0.1) is 0 Å². The molecule has 0 fully saturated rings. The molecule has 0 radical (unpaired) electrons. The Morgan fingerprint density at radius 1 is 1.04 bits per heavy atom. The van der Waals surface area contributed by atoms with E-state index in [1.165, 1.54) is 0 Å². The largest absolute Gasteiger partial charge is 0.493 e. The Bertz CT molecular complexity index is 685. The number of amides is 1. The van der Waals surface area contributed by atoms with E-state index < -0.39 is 5.92 Å². The third kappa shape index (κ3) is 6.40. The van der Waals surface area contributed by atoms with Gasteiger partial charge >= 0.3 is 0 Å². The number of aliphatic hydroxyl groups excluding tert-OH is 1. The fourth-order valence-corrected chi connectivity index (χ4v) is 3.09. The van der Waals surface area contributed by atoms with Gasteiger partial charge in [-0.25, -0.2) is 0 Å². The molecule has 0 bridgehead atoms. The predicted molar refractivity (Wildman–Crippen MR) is 109 cm³/mol. The fourth-order valence-electron chi connectivity index (χ4n) is 3.09. The lowest BCUT2D eigenvalue weighted by molar-refractivity contribution is -0.124. The Labute approximate surface area is 162 Å². The van der Waals surface area contributed by atoms with Crippen molar-refractivity contribution in [3.05, 3.63) is 65.7 Å². The van der Waals surface area contributed by atoms with Crippen LogP contribution in [0.25, 0.3) is 0 Å². The van der Waals surface area contributed by atoms with Crippen molar-refractivity contribution in [2.24, 2.45) is 5.92 Å². The van der Waals surface area contributed by atoms with E-state index in [2.05, 4.69) is 19.2 Å². The molecule has 2 aromatic rings. The summed E-state index contributed by atoms with van der Waals surface area (Å²) < 4.78 is 5.81. The number of carbonyl (C=O) groups excluding carboxylic acids is 1. The van der Waals surface area contributed by atoms with E-state index in [1.807, 2.05) is 61.5 Å². The SMILES string of the molecule is CCCC(C)COc1ccc(C(CO)C(=O)NC(C)c2ccccc2)cc1. The van der Waals surface area contributed by atoms with E-state index in [0.29, 0.717) is 12.5 Å². The number of carbonyl (C=O) groups is 1. The first kappa shape index (κ1) is 21.0. The van der Waals surface area contributed by atoms with Gasteiger partial charge in [0.2, 0.25) is 5.91 Å². The summed E-state index contributed by atoms with van der Waals surface area (Å²) in [6.07, 6.45) is 2.29. The summed E-state index contributed by atoms with van der Waals surface area (Å²) in [4.78, 5) is 12.6. The van der Waals surface area contributed by atoms with Crippen LogP contribution in [0.5, 0.6) is 5.75 Å². The summed E-state index contributed by atoms with van der Waals surface area (Å²) >= 11 is 0. The second-order valence-corrected chi connectivity index (χ2v) is 7.15. The number of aliphatic hydroxyl groups is 1. The number of hydrogen-bond donors (Lipinski definition) is 2. The first-order chi connectivity index (χ1) is 13.0. The normalized spacial score (nSPS) is 14.2. The molecule has 27 heavy (non-hydrogen) atoms. The van der Waals surface area contributed by atoms with Gasteiger partial charge in [0.15, 0.2) is 0 Å². The average Bonchev–Trinajstić information content (AvgIpc) is 2.69. The molecule has 3 atom stereocenters. The van der Waals surface area contributed by atoms with E-state index >= 15 is 0 Å². The Morgan fingerprint density at radius 3 is 2.30 bits per heavy atom. The van der Waals surface area contributed by atoms with Crippen LogP contribution in [0.1, 0.15) is 56.7 Å². The Balaban J connectivity index is 1.96. The fraction of sp³-hybridized carbons (Fsp3) is 0.435. The standard InChI is InChI=1S/C23H31NO3/c1-4-8-17(2)16-27-21-13-11-20(12-14-21)22(15-25)23(26)24-18(3)19-9-6-5-7-10-19/h5-7,9-14,17-18,22,25H,4,8,15-16H2,1-3H3,(H,24,26). The van der Waals surface area contributed by atoms with E-state index in [1.54, 1.807) is 0 Å². The first-order valence-electron chi connectivity index (χ1n) is 9.74. The maximum atomic E-state index is 12.6. The third-order valence-electron chi connectivity index (χ3n) is 4.76. The molecule has 0 aliphatic carbocycles. The molecule has 0 aromatic heterocycles. The summed E-state index contributed by atoms with van der Waals surface area (Å²) in [7, 11) is 0. The average molecular weight is 370 g/mol. The van der Waals surface area contributed by atoms with Gasteiger partial charge < -0.3 is 15.2 Å². The van der Waals surface area contributed by atoms with Gasteiger partial charge in [-0.3, -0.25) is 4.79 Å². The highest BCUT2D eigenvalue weighted by molar-refractivity contribution is 5.84. The number of hydrogen-bond acceptors (Lipinski definition) is 3. The minimum absolute atomic E-state index is 0.115. The quantitative estimate of drug-likeness (QED) is 0.650. The maximum absolute atomic E-state index is 12.6. The molecule has 2 aromatic carbocycles. The van der Waals surface area contributed by atoms with Crippen LogP contribution in [-0.4, -0.2) is 24.2 Å². The lowest BCUT2D eigenvalue weighted by atomic mass is 9.98. The van der Waals surface area contributed by atoms with Crippen LogP contribution in [0.15, 0.2) is 54.6 Å². The molecule has 0 aliphatic rings. The number of ether oxygens (including phenoxy) is 1. The molecular weight excluding hydrogens is 338 g/mol. The summed E-state index contributed by atoms with van der Waals surface area (Å²) in [5.74, 6) is 0.532. The van der Waals surface area contributed by atoms with Gasteiger partial charge in [-0.1, -0.05) is 62.7 Å². The second kappa shape index (κ2) is 10.7. The van der Waals surface area contributed by atoms with E-state index in [4.69, 9.17) is 4.74 Å². The van der Waals surface area contributed by atoms with Gasteiger partial charge in [0, 0.05) is 0 Å². The van der Waals surface area contributed by atoms with Crippen LogP contribution in [-0.2, 0) is 4.79 Å². The molecule has 0 spiro atoms. The molecular formula is C23H31NO3. The predicted octanol–water partition coefficient (Wildman–Crippen LogP) is 4.45. The molecule has 4 nitrogen and oxygen atoms in total. The van der Waals surface area contributed by atoms with Gasteiger partial charge in [0.05, 0.1) is 25.2 Å². The maximum Gasteiger partial charge on any atom is 0.230 e. The van der Waals surface area contributed by atoms with Crippen molar-refractivity contribution in [3.8, 4) is 5.75 Å². The van der Waals surface area contributed by atoms with Crippen molar-refractivity contribution in [2.45, 2.75) is 45.6 Å². The van der Waals surface area contributed by atoms with Gasteiger partial charge in [0.25, 0.3) is 0 Å². The van der Waals surface area contributed by atoms with Crippen LogP contribution in [0.3, 0.4) is 0 Å². The van der Waals surface area contributed by atoms with Gasteiger partial charge in [-0.2, -0.15) is 0 Å². The van der Waals surface area contributed by atoms with Crippen molar-refractivity contribution >= 4 is 5.91 Å². The highest BCUT2D eigenvalue weighted by Crippen LogP contribution is 2.22. The van der Waals surface area contributed by atoms with Crippen LogP contribution in [0, 0.1) is 5.92 Å². The molecule has 0 heterocycles. The molecule has 1 amide bonds. The minimum atomic E-state index is -0.593. The Hall–Kier alpha value is -2.33.